The Balaban J connectivity index is 2.03. The van der Waals surface area contributed by atoms with Gasteiger partial charge in [-0.05, 0) is 53.8 Å². The Hall–Kier alpha value is -2.29. The molecule has 0 saturated carbocycles. The predicted octanol–water partition coefficient (Wildman–Crippen LogP) is 3.43. The van der Waals surface area contributed by atoms with Gasteiger partial charge < -0.3 is 10.0 Å². The fourth-order valence-corrected chi connectivity index (χ4v) is 2.80. The van der Waals surface area contributed by atoms with Crippen LogP contribution >= 0.6 is 0 Å². The van der Waals surface area contributed by atoms with Gasteiger partial charge in [-0.2, -0.15) is 0 Å². The van der Waals surface area contributed by atoms with E-state index in [1.807, 2.05) is 6.07 Å². The molecule has 1 aliphatic rings. The van der Waals surface area contributed by atoms with Crippen molar-refractivity contribution in [2.24, 2.45) is 0 Å². The number of fused-ring (bicyclic) bond motifs is 1. The summed E-state index contributed by atoms with van der Waals surface area (Å²) in [7, 11) is 2.11. The Bertz CT molecular complexity index is 664. The lowest BCUT2D eigenvalue weighted by atomic mass is 9.96. The summed E-state index contributed by atoms with van der Waals surface area (Å²) in [6, 6.07) is 13.5. The number of aromatic carboxylic acids is 1. The molecule has 0 fully saturated rings. The van der Waals surface area contributed by atoms with E-state index in [0.717, 1.165) is 24.1 Å². The summed E-state index contributed by atoms with van der Waals surface area (Å²) in [5.41, 5.74) is 5.01. The molecule has 0 bridgehead atoms. The summed E-state index contributed by atoms with van der Waals surface area (Å²) in [6.45, 7) is 1.10. The third kappa shape index (κ3) is 2.27. The highest BCUT2D eigenvalue weighted by atomic mass is 16.4. The van der Waals surface area contributed by atoms with E-state index in [-0.39, 0.29) is 0 Å². The molecule has 0 saturated heterocycles. The van der Waals surface area contributed by atoms with Gasteiger partial charge in [0.1, 0.15) is 0 Å². The van der Waals surface area contributed by atoms with Gasteiger partial charge in [0.25, 0.3) is 0 Å². The van der Waals surface area contributed by atoms with Crippen molar-refractivity contribution < 1.29 is 9.90 Å². The quantitative estimate of drug-likeness (QED) is 0.906. The molecule has 1 aliphatic heterocycles. The monoisotopic (exact) mass is 267 g/mol. The van der Waals surface area contributed by atoms with E-state index in [0.29, 0.717) is 5.56 Å². The molecule has 3 rings (SSSR count). The van der Waals surface area contributed by atoms with Crippen molar-refractivity contribution in [2.45, 2.75) is 12.8 Å². The van der Waals surface area contributed by atoms with E-state index in [1.54, 1.807) is 18.2 Å². The van der Waals surface area contributed by atoms with Crippen molar-refractivity contribution >= 4 is 11.7 Å². The van der Waals surface area contributed by atoms with Crippen LogP contribution in [0.3, 0.4) is 0 Å². The zero-order chi connectivity index (χ0) is 14.1. The van der Waals surface area contributed by atoms with Crippen LogP contribution in [0.15, 0.2) is 42.5 Å². The molecule has 0 amide bonds. The Morgan fingerprint density at radius 3 is 2.75 bits per heavy atom. The summed E-state index contributed by atoms with van der Waals surface area (Å²) in [5.74, 6) is -0.885. The molecule has 0 unspecified atom stereocenters. The van der Waals surface area contributed by atoms with E-state index in [1.165, 1.54) is 17.7 Å². The first-order valence-corrected chi connectivity index (χ1v) is 6.83. The average Bonchev–Trinajstić information content (AvgIpc) is 2.47. The Morgan fingerprint density at radius 1 is 1.15 bits per heavy atom. The molecule has 0 aromatic heterocycles. The molecule has 2 aromatic carbocycles. The lowest BCUT2D eigenvalue weighted by molar-refractivity contribution is 0.0697. The molecular weight excluding hydrogens is 250 g/mol. The molecule has 1 N–H and O–H groups in total. The van der Waals surface area contributed by atoms with Gasteiger partial charge in [0.15, 0.2) is 0 Å². The van der Waals surface area contributed by atoms with Crippen molar-refractivity contribution in [3.05, 3.63) is 53.6 Å². The molecule has 102 valence electrons. The van der Waals surface area contributed by atoms with Crippen LogP contribution in [-0.2, 0) is 6.42 Å². The SMILES string of the molecule is CN1CCCc2cc(-c3cccc(C(=O)O)c3)ccc21. The second-order valence-electron chi connectivity index (χ2n) is 5.25. The third-order valence-electron chi connectivity index (χ3n) is 3.87. The number of nitrogens with zero attached hydrogens (tertiary/aromatic N) is 1. The van der Waals surface area contributed by atoms with Gasteiger partial charge in [0, 0.05) is 19.3 Å². The maximum Gasteiger partial charge on any atom is 0.335 e. The van der Waals surface area contributed by atoms with Crippen molar-refractivity contribution in [1.29, 1.82) is 0 Å². The lowest BCUT2D eigenvalue weighted by Gasteiger charge is -2.27. The topological polar surface area (TPSA) is 40.5 Å². The highest BCUT2D eigenvalue weighted by Gasteiger charge is 2.14. The molecular formula is C17H17NO2. The van der Waals surface area contributed by atoms with Gasteiger partial charge in [0.05, 0.1) is 5.56 Å². The Morgan fingerprint density at radius 2 is 1.95 bits per heavy atom. The van der Waals surface area contributed by atoms with Gasteiger partial charge in [-0.3, -0.25) is 0 Å². The molecule has 2 aromatic rings. The lowest BCUT2D eigenvalue weighted by Crippen LogP contribution is -2.24. The van der Waals surface area contributed by atoms with Crippen LogP contribution < -0.4 is 4.90 Å². The van der Waals surface area contributed by atoms with Crippen molar-refractivity contribution in [3.8, 4) is 11.1 Å². The van der Waals surface area contributed by atoms with Crippen LogP contribution in [0.2, 0.25) is 0 Å². The van der Waals surface area contributed by atoms with Crippen LogP contribution in [0.1, 0.15) is 22.3 Å². The summed E-state index contributed by atoms with van der Waals surface area (Å²) in [4.78, 5) is 13.3. The molecule has 20 heavy (non-hydrogen) atoms. The Kier molecular flexibility index (Phi) is 3.18. The van der Waals surface area contributed by atoms with Crippen molar-refractivity contribution in [1.82, 2.24) is 0 Å². The van der Waals surface area contributed by atoms with Gasteiger partial charge in [-0.25, -0.2) is 4.79 Å². The molecule has 3 nitrogen and oxygen atoms in total. The normalized spacial score (nSPS) is 13.9. The minimum absolute atomic E-state index is 0.331. The number of benzene rings is 2. The number of carbonyl (C=O) groups is 1. The average molecular weight is 267 g/mol. The number of anilines is 1. The summed E-state index contributed by atoms with van der Waals surface area (Å²) in [5, 5.41) is 9.08. The maximum atomic E-state index is 11.1. The minimum Gasteiger partial charge on any atom is -0.478 e. The summed E-state index contributed by atoms with van der Waals surface area (Å²) in [6.07, 6.45) is 2.26. The van der Waals surface area contributed by atoms with Crippen molar-refractivity contribution in [2.75, 3.05) is 18.5 Å². The summed E-state index contributed by atoms with van der Waals surface area (Å²) < 4.78 is 0. The highest BCUT2D eigenvalue weighted by Crippen LogP contribution is 2.31. The Labute approximate surface area is 118 Å². The predicted molar refractivity (Wildman–Crippen MR) is 80.4 cm³/mol. The van der Waals surface area contributed by atoms with Gasteiger partial charge in [0.2, 0.25) is 0 Å². The largest absolute Gasteiger partial charge is 0.478 e. The minimum atomic E-state index is -0.885. The number of rotatable bonds is 2. The number of hydrogen-bond acceptors (Lipinski definition) is 2. The molecule has 3 heteroatoms. The van der Waals surface area contributed by atoms with E-state index >= 15 is 0 Å². The van der Waals surface area contributed by atoms with Crippen LogP contribution in [-0.4, -0.2) is 24.7 Å². The fraction of sp³-hybridized carbons (Fsp3) is 0.235. The standard InChI is InChI=1S/C17H17NO2/c1-18-9-3-6-14-10-13(7-8-16(14)18)12-4-2-5-15(11-12)17(19)20/h2,4-5,7-8,10-11H,3,6,9H2,1H3,(H,19,20). The summed E-state index contributed by atoms with van der Waals surface area (Å²) >= 11 is 0. The van der Waals surface area contributed by atoms with Crippen LogP contribution in [0.25, 0.3) is 11.1 Å². The first-order chi connectivity index (χ1) is 9.65. The van der Waals surface area contributed by atoms with E-state index in [2.05, 4.69) is 30.1 Å². The number of carboxylic acid groups (broad SMARTS) is 1. The second kappa shape index (κ2) is 5.00. The number of hydrogen-bond donors (Lipinski definition) is 1. The van der Waals surface area contributed by atoms with Crippen molar-refractivity contribution in [3.63, 3.8) is 0 Å². The van der Waals surface area contributed by atoms with E-state index in [4.69, 9.17) is 5.11 Å². The van der Waals surface area contributed by atoms with Gasteiger partial charge in [-0.1, -0.05) is 18.2 Å². The molecule has 0 spiro atoms. The van der Waals surface area contributed by atoms with Crippen LogP contribution in [0.4, 0.5) is 5.69 Å². The molecule has 0 aliphatic carbocycles. The van der Waals surface area contributed by atoms with E-state index in [9.17, 15) is 4.79 Å². The molecule has 0 radical (unpaired) electrons. The van der Waals surface area contributed by atoms with Gasteiger partial charge in [-0.15, -0.1) is 0 Å². The maximum absolute atomic E-state index is 11.1. The van der Waals surface area contributed by atoms with Gasteiger partial charge >= 0.3 is 5.97 Å². The second-order valence-corrected chi connectivity index (χ2v) is 5.25. The van der Waals surface area contributed by atoms with Crippen LogP contribution in [0.5, 0.6) is 0 Å². The first kappa shape index (κ1) is 12.7. The number of carboxylic acids is 1. The molecule has 0 atom stereocenters. The molecule has 1 heterocycles. The van der Waals surface area contributed by atoms with Crippen LogP contribution in [0, 0.1) is 0 Å². The zero-order valence-electron chi connectivity index (χ0n) is 11.5. The highest BCUT2D eigenvalue weighted by molar-refractivity contribution is 5.89. The first-order valence-electron chi connectivity index (χ1n) is 6.83. The third-order valence-corrected chi connectivity index (χ3v) is 3.87. The number of aryl methyl sites for hydroxylation is 1. The smallest absolute Gasteiger partial charge is 0.335 e. The zero-order valence-corrected chi connectivity index (χ0v) is 11.5. The fourth-order valence-electron chi connectivity index (χ4n) is 2.80. The van der Waals surface area contributed by atoms with E-state index < -0.39 is 5.97 Å².